The number of anilines is 1. The average Bonchev–Trinajstić information content (AvgIpc) is 2.81. The van der Waals surface area contributed by atoms with E-state index in [1.165, 1.54) is 42.9 Å². The van der Waals surface area contributed by atoms with E-state index < -0.39 is 17.8 Å². The summed E-state index contributed by atoms with van der Waals surface area (Å²) in [6.07, 6.45) is 3.47. The Bertz CT molecular complexity index is 1400. The van der Waals surface area contributed by atoms with Crippen molar-refractivity contribution in [3.63, 3.8) is 0 Å². The highest BCUT2D eigenvalue weighted by molar-refractivity contribution is 5.94. The number of phenolic OH excluding ortho intramolecular Hbond substituents is 1. The van der Waals surface area contributed by atoms with Gasteiger partial charge >= 0.3 is 12.1 Å². The fraction of sp³-hybridized carbons (Fsp3) is 0.0870. The first-order valence-corrected chi connectivity index (χ1v) is 9.78. The van der Waals surface area contributed by atoms with Crippen LogP contribution in [0.15, 0.2) is 70.3 Å². The van der Waals surface area contributed by atoms with E-state index >= 15 is 0 Å². The third-order valence-corrected chi connectivity index (χ3v) is 4.48. The summed E-state index contributed by atoms with van der Waals surface area (Å²) in [5.74, 6) is -1.41. The molecule has 166 valence electrons. The van der Waals surface area contributed by atoms with Crippen LogP contribution in [0.1, 0.15) is 17.3 Å². The molecule has 0 fully saturated rings. The van der Waals surface area contributed by atoms with Gasteiger partial charge in [0.25, 0.3) is 0 Å². The molecule has 0 spiro atoms. The van der Waals surface area contributed by atoms with E-state index in [1.54, 1.807) is 25.1 Å². The molecule has 1 amide bonds. The van der Waals surface area contributed by atoms with Crippen molar-refractivity contribution in [2.45, 2.75) is 6.92 Å². The second-order valence-corrected chi connectivity index (χ2v) is 6.67. The van der Waals surface area contributed by atoms with E-state index in [4.69, 9.17) is 13.9 Å². The van der Waals surface area contributed by atoms with Crippen molar-refractivity contribution in [2.24, 2.45) is 0 Å². The Morgan fingerprint density at radius 2 is 1.97 bits per heavy atom. The number of aromatic hydroxyl groups is 1. The minimum atomic E-state index is -0.796. The molecular formula is C23H17N3O7. The Hall–Kier alpha value is -4.73. The Morgan fingerprint density at radius 1 is 1.15 bits per heavy atom. The lowest BCUT2D eigenvalue weighted by atomic mass is 10.1. The second-order valence-electron chi connectivity index (χ2n) is 6.67. The van der Waals surface area contributed by atoms with E-state index in [1.807, 2.05) is 0 Å². The standard InChI is InChI=1S/C23H17N3O7/c1-2-31-23(30)26-16-10-20(33-22(29)13-5-3-7-24-12-13)18(28)9-15(16)19-11-17(27)14-6-4-8-25-21(14)32-19/h3-12,28H,2H2,1H3,(H,26,30). The molecular weight excluding hydrogens is 430 g/mol. The predicted molar refractivity (Wildman–Crippen MR) is 117 cm³/mol. The first-order chi connectivity index (χ1) is 16.0. The molecule has 1 aromatic carbocycles. The van der Waals surface area contributed by atoms with E-state index in [2.05, 4.69) is 15.3 Å². The molecule has 4 aromatic rings. The van der Waals surface area contributed by atoms with Crippen molar-refractivity contribution < 1.29 is 28.6 Å². The Morgan fingerprint density at radius 3 is 2.73 bits per heavy atom. The van der Waals surface area contributed by atoms with Gasteiger partial charge in [-0.1, -0.05) is 0 Å². The molecule has 0 bridgehead atoms. The van der Waals surface area contributed by atoms with Gasteiger partial charge in [-0.25, -0.2) is 14.6 Å². The lowest BCUT2D eigenvalue weighted by Gasteiger charge is -2.14. The van der Waals surface area contributed by atoms with Crippen LogP contribution in [-0.4, -0.2) is 33.7 Å². The van der Waals surface area contributed by atoms with E-state index in [0.29, 0.717) is 0 Å². The maximum atomic E-state index is 12.5. The number of ether oxygens (including phenoxy) is 2. The first-order valence-electron chi connectivity index (χ1n) is 9.78. The molecule has 0 aliphatic heterocycles. The third kappa shape index (κ3) is 4.64. The van der Waals surface area contributed by atoms with Crippen LogP contribution in [0.25, 0.3) is 22.4 Å². The summed E-state index contributed by atoms with van der Waals surface area (Å²) >= 11 is 0. The number of hydrogen-bond donors (Lipinski definition) is 2. The van der Waals surface area contributed by atoms with Crippen molar-refractivity contribution in [1.82, 2.24) is 9.97 Å². The Labute approximate surface area is 186 Å². The van der Waals surface area contributed by atoms with E-state index in [0.717, 1.165) is 0 Å². The van der Waals surface area contributed by atoms with Crippen LogP contribution >= 0.6 is 0 Å². The van der Waals surface area contributed by atoms with Gasteiger partial charge in [0.15, 0.2) is 16.9 Å². The van der Waals surface area contributed by atoms with Crippen LogP contribution in [0, 0.1) is 0 Å². The smallest absolute Gasteiger partial charge is 0.411 e. The normalized spacial score (nSPS) is 10.6. The average molecular weight is 447 g/mol. The number of aromatic nitrogens is 2. The van der Waals surface area contributed by atoms with Gasteiger partial charge in [0, 0.05) is 36.3 Å². The molecule has 0 atom stereocenters. The zero-order valence-electron chi connectivity index (χ0n) is 17.3. The summed E-state index contributed by atoms with van der Waals surface area (Å²) < 4.78 is 15.9. The SMILES string of the molecule is CCOC(=O)Nc1cc(OC(=O)c2cccnc2)c(O)cc1-c1cc(=O)c2cccnc2o1. The number of nitrogens with one attached hydrogen (secondary N) is 1. The molecule has 4 rings (SSSR count). The monoisotopic (exact) mass is 447 g/mol. The molecule has 33 heavy (non-hydrogen) atoms. The Balaban J connectivity index is 1.79. The summed E-state index contributed by atoms with van der Waals surface area (Å²) in [6.45, 7) is 1.74. The van der Waals surface area contributed by atoms with Gasteiger partial charge in [-0.2, -0.15) is 0 Å². The van der Waals surface area contributed by atoms with Crippen molar-refractivity contribution in [3.05, 3.63) is 76.8 Å². The number of pyridine rings is 2. The second kappa shape index (κ2) is 9.18. The minimum absolute atomic E-state index is 0.0263. The molecule has 0 radical (unpaired) electrons. The number of phenols is 1. The van der Waals surface area contributed by atoms with Gasteiger partial charge in [-0.3, -0.25) is 15.1 Å². The summed E-state index contributed by atoms with van der Waals surface area (Å²) in [5, 5.41) is 13.3. The molecule has 2 N–H and O–H groups in total. The van der Waals surface area contributed by atoms with E-state index in [-0.39, 0.29) is 51.5 Å². The Kier molecular flexibility index (Phi) is 5.98. The van der Waals surface area contributed by atoms with Crippen LogP contribution in [0.2, 0.25) is 0 Å². The fourth-order valence-corrected chi connectivity index (χ4v) is 3.00. The number of hydrogen-bond acceptors (Lipinski definition) is 9. The number of esters is 1. The van der Waals surface area contributed by atoms with Gasteiger partial charge < -0.3 is 19.0 Å². The number of benzene rings is 1. The lowest BCUT2D eigenvalue weighted by molar-refractivity contribution is 0.0729. The molecule has 0 saturated carbocycles. The largest absolute Gasteiger partial charge is 0.504 e. The maximum Gasteiger partial charge on any atom is 0.411 e. The molecule has 10 heteroatoms. The van der Waals surface area contributed by atoms with Crippen molar-refractivity contribution in [1.29, 1.82) is 0 Å². The number of rotatable bonds is 5. The summed E-state index contributed by atoms with van der Waals surface area (Å²) in [4.78, 5) is 44.9. The quantitative estimate of drug-likeness (QED) is 0.266. The van der Waals surface area contributed by atoms with Crippen LogP contribution < -0.4 is 15.5 Å². The van der Waals surface area contributed by atoms with E-state index in [9.17, 15) is 19.5 Å². The highest BCUT2D eigenvalue weighted by Crippen LogP contribution is 2.39. The highest BCUT2D eigenvalue weighted by Gasteiger charge is 2.20. The maximum absolute atomic E-state index is 12.5. The highest BCUT2D eigenvalue weighted by atomic mass is 16.5. The molecule has 10 nitrogen and oxygen atoms in total. The van der Waals surface area contributed by atoms with Gasteiger partial charge in [-0.05, 0) is 37.3 Å². The molecule has 3 aromatic heterocycles. The zero-order chi connectivity index (χ0) is 23.4. The van der Waals surface area contributed by atoms with Crippen LogP contribution in [0.5, 0.6) is 11.5 Å². The molecule has 0 unspecified atom stereocenters. The van der Waals surface area contributed by atoms with Gasteiger partial charge in [0.1, 0.15) is 5.76 Å². The van der Waals surface area contributed by atoms with Crippen LogP contribution in [-0.2, 0) is 4.74 Å². The van der Waals surface area contributed by atoms with Crippen molar-refractivity contribution in [3.8, 4) is 22.8 Å². The molecule has 0 saturated heterocycles. The number of nitrogens with zero attached hydrogens (tertiary/aromatic N) is 2. The van der Waals surface area contributed by atoms with Crippen LogP contribution in [0.3, 0.4) is 0 Å². The zero-order valence-corrected chi connectivity index (χ0v) is 17.3. The molecule has 0 aliphatic rings. The number of carbonyl (C=O) groups excluding carboxylic acids is 2. The number of amides is 1. The topological polar surface area (TPSA) is 141 Å². The van der Waals surface area contributed by atoms with Crippen molar-refractivity contribution in [2.75, 3.05) is 11.9 Å². The summed E-state index contributed by atoms with van der Waals surface area (Å²) in [5.41, 5.74) is 0.0826. The summed E-state index contributed by atoms with van der Waals surface area (Å²) in [6, 6.07) is 9.84. The third-order valence-electron chi connectivity index (χ3n) is 4.48. The molecule has 3 heterocycles. The predicted octanol–water partition coefficient (Wildman–Crippen LogP) is 3.74. The van der Waals surface area contributed by atoms with Gasteiger partial charge in [0.2, 0.25) is 5.71 Å². The van der Waals surface area contributed by atoms with Crippen molar-refractivity contribution >= 4 is 28.8 Å². The fourth-order valence-electron chi connectivity index (χ4n) is 3.00. The number of carbonyl (C=O) groups is 2. The number of fused-ring (bicyclic) bond motifs is 1. The molecule has 0 aliphatic carbocycles. The summed E-state index contributed by atoms with van der Waals surface area (Å²) in [7, 11) is 0. The van der Waals surface area contributed by atoms with Crippen LogP contribution in [0.4, 0.5) is 10.5 Å². The lowest BCUT2D eigenvalue weighted by Crippen LogP contribution is -2.15. The van der Waals surface area contributed by atoms with Gasteiger partial charge in [-0.15, -0.1) is 0 Å². The first kappa shape index (κ1) is 21.5. The minimum Gasteiger partial charge on any atom is -0.504 e. The van der Waals surface area contributed by atoms with Gasteiger partial charge in [0.05, 0.1) is 23.2 Å².